The first-order chi connectivity index (χ1) is 9.44. The van der Waals surface area contributed by atoms with E-state index in [0.717, 1.165) is 6.26 Å². The molecule has 0 fully saturated rings. The fourth-order valence-electron chi connectivity index (χ4n) is 2.26. The van der Waals surface area contributed by atoms with E-state index < -0.39 is 16.2 Å². The molecule has 0 aliphatic heterocycles. The number of hydrogen-bond acceptors (Lipinski definition) is 7. The lowest BCUT2D eigenvalue weighted by molar-refractivity contribution is 0.245. The molecule has 0 aromatic carbocycles. The Bertz CT molecular complexity index is 782. The third kappa shape index (κ3) is 2.37. The Balaban J connectivity index is 1.88. The van der Waals surface area contributed by atoms with Crippen LogP contribution >= 0.6 is 0 Å². The molecule has 1 aliphatic rings. The van der Waals surface area contributed by atoms with Crippen LogP contribution in [0.5, 0.6) is 0 Å². The fraction of sp³-hybridized carbons (Fsp3) is 0.364. The van der Waals surface area contributed by atoms with E-state index >= 15 is 0 Å². The molecule has 9 heteroatoms. The summed E-state index contributed by atoms with van der Waals surface area (Å²) in [6.45, 7) is 0. The number of rotatable bonds is 3. The first kappa shape index (κ1) is 13.0. The van der Waals surface area contributed by atoms with Crippen molar-refractivity contribution in [2.45, 2.75) is 18.6 Å². The van der Waals surface area contributed by atoms with Crippen LogP contribution in [0.3, 0.4) is 0 Å². The van der Waals surface area contributed by atoms with E-state index in [1.54, 1.807) is 12.4 Å². The molecule has 0 amide bonds. The Labute approximate surface area is 115 Å². The monoisotopic (exact) mass is 295 g/mol. The maximum Gasteiger partial charge on any atom is 0.264 e. The maximum absolute atomic E-state index is 11.1. The molecule has 2 aromatic rings. The molecule has 20 heavy (non-hydrogen) atoms. The van der Waals surface area contributed by atoms with Crippen LogP contribution in [0.25, 0.3) is 11.2 Å². The highest BCUT2D eigenvalue weighted by molar-refractivity contribution is 7.86. The van der Waals surface area contributed by atoms with Crippen molar-refractivity contribution in [2.75, 3.05) is 12.0 Å². The van der Waals surface area contributed by atoms with Crippen LogP contribution < -0.4 is 5.73 Å². The molecular weight excluding hydrogens is 282 g/mol. The van der Waals surface area contributed by atoms with Gasteiger partial charge in [0, 0.05) is 6.42 Å². The van der Waals surface area contributed by atoms with Crippen molar-refractivity contribution in [3.05, 3.63) is 24.8 Å². The van der Waals surface area contributed by atoms with Crippen molar-refractivity contribution < 1.29 is 12.6 Å². The van der Waals surface area contributed by atoms with Crippen LogP contribution in [0.1, 0.15) is 12.5 Å². The zero-order valence-electron chi connectivity index (χ0n) is 10.7. The smallest absolute Gasteiger partial charge is 0.264 e. The Morgan fingerprint density at radius 1 is 1.35 bits per heavy atom. The highest BCUT2D eigenvalue weighted by Crippen LogP contribution is 2.29. The van der Waals surface area contributed by atoms with Crippen LogP contribution in [-0.2, 0) is 14.3 Å². The van der Waals surface area contributed by atoms with Crippen LogP contribution in [-0.4, -0.2) is 40.3 Å². The normalized spacial score (nSPS) is 22.6. The van der Waals surface area contributed by atoms with Gasteiger partial charge in [0.2, 0.25) is 0 Å². The van der Waals surface area contributed by atoms with Crippen molar-refractivity contribution in [2.24, 2.45) is 0 Å². The number of anilines is 1. The average molecular weight is 295 g/mol. The lowest BCUT2D eigenvalue weighted by atomic mass is 10.2. The standard InChI is InChI=1S/C11H13N5O3S/c1-20(17,18)19-8-3-2-7(4-8)16-6-15-9-10(12)13-5-14-11(9)16/h2-3,5-8H,4H2,1H3,(H2,12,13,14)/t7?,8-/m1/s1. The Morgan fingerprint density at radius 2 is 2.15 bits per heavy atom. The number of aromatic nitrogens is 4. The summed E-state index contributed by atoms with van der Waals surface area (Å²) in [5.41, 5.74) is 6.88. The minimum absolute atomic E-state index is 0.0685. The number of imidazole rings is 1. The molecule has 0 saturated heterocycles. The first-order valence-electron chi connectivity index (χ1n) is 5.93. The highest BCUT2D eigenvalue weighted by atomic mass is 32.2. The van der Waals surface area contributed by atoms with Gasteiger partial charge in [-0.05, 0) is 0 Å². The molecular formula is C11H13N5O3S. The Morgan fingerprint density at radius 3 is 2.90 bits per heavy atom. The largest absolute Gasteiger partial charge is 0.382 e. The minimum Gasteiger partial charge on any atom is -0.382 e. The van der Waals surface area contributed by atoms with Crippen molar-refractivity contribution >= 4 is 27.1 Å². The zero-order chi connectivity index (χ0) is 14.3. The molecule has 8 nitrogen and oxygen atoms in total. The summed E-state index contributed by atoms with van der Waals surface area (Å²) in [6, 6.07) is -0.0685. The molecule has 2 heterocycles. The third-order valence-corrected chi connectivity index (χ3v) is 3.66. The summed E-state index contributed by atoms with van der Waals surface area (Å²) in [4.78, 5) is 12.2. The second-order valence-corrected chi connectivity index (χ2v) is 6.21. The number of nitrogens with two attached hydrogens (primary N) is 1. The van der Waals surface area contributed by atoms with E-state index in [1.165, 1.54) is 6.33 Å². The highest BCUT2D eigenvalue weighted by Gasteiger charge is 2.25. The second-order valence-electron chi connectivity index (χ2n) is 4.61. The van der Waals surface area contributed by atoms with E-state index in [-0.39, 0.29) is 6.04 Å². The van der Waals surface area contributed by atoms with Gasteiger partial charge < -0.3 is 10.3 Å². The molecule has 0 spiro atoms. The van der Waals surface area contributed by atoms with Crippen LogP contribution in [0.15, 0.2) is 24.8 Å². The number of fused-ring (bicyclic) bond motifs is 1. The van der Waals surface area contributed by atoms with E-state index in [9.17, 15) is 8.42 Å². The number of allylic oxidation sites excluding steroid dienone is 1. The maximum atomic E-state index is 11.1. The molecule has 0 radical (unpaired) electrons. The number of nitrogens with zero attached hydrogens (tertiary/aromatic N) is 4. The van der Waals surface area contributed by atoms with Gasteiger partial charge in [0.1, 0.15) is 11.8 Å². The van der Waals surface area contributed by atoms with Gasteiger partial charge in [0.25, 0.3) is 10.1 Å². The average Bonchev–Trinajstić information content (AvgIpc) is 2.93. The predicted octanol–water partition coefficient (Wildman–Crippen LogP) is 0.254. The predicted molar refractivity (Wildman–Crippen MR) is 72.2 cm³/mol. The van der Waals surface area contributed by atoms with E-state index in [0.29, 0.717) is 23.4 Å². The van der Waals surface area contributed by atoms with Gasteiger partial charge in [-0.2, -0.15) is 8.42 Å². The van der Waals surface area contributed by atoms with Crippen LogP contribution in [0, 0.1) is 0 Å². The molecule has 1 aliphatic carbocycles. The lowest BCUT2D eigenvalue weighted by Crippen LogP contribution is -2.15. The van der Waals surface area contributed by atoms with Gasteiger partial charge in [0.05, 0.1) is 24.7 Å². The minimum atomic E-state index is -3.47. The van der Waals surface area contributed by atoms with Gasteiger partial charge >= 0.3 is 0 Å². The first-order valence-corrected chi connectivity index (χ1v) is 7.75. The van der Waals surface area contributed by atoms with E-state index in [4.69, 9.17) is 9.92 Å². The summed E-state index contributed by atoms with van der Waals surface area (Å²) in [5, 5.41) is 0. The molecule has 1 unspecified atom stereocenters. The van der Waals surface area contributed by atoms with Gasteiger partial charge in [-0.1, -0.05) is 12.2 Å². The number of nitrogen functional groups attached to an aromatic ring is 1. The van der Waals surface area contributed by atoms with Gasteiger partial charge in [-0.3, -0.25) is 4.18 Å². The second kappa shape index (κ2) is 4.53. The van der Waals surface area contributed by atoms with Crippen molar-refractivity contribution in [3.8, 4) is 0 Å². The van der Waals surface area contributed by atoms with Gasteiger partial charge in [-0.25, -0.2) is 15.0 Å². The van der Waals surface area contributed by atoms with Crippen LogP contribution in [0.2, 0.25) is 0 Å². The zero-order valence-corrected chi connectivity index (χ0v) is 11.5. The molecule has 106 valence electrons. The van der Waals surface area contributed by atoms with Crippen LogP contribution in [0.4, 0.5) is 5.82 Å². The topological polar surface area (TPSA) is 113 Å². The summed E-state index contributed by atoms with van der Waals surface area (Å²) in [7, 11) is -3.47. The number of hydrogen-bond donors (Lipinski definition) is 1. The third-order valence-electron chi connectivity index (χ3n) is 3.06. The fourth-order valence-corrected chi connectivity index (χ4v) is 2.85. The molecule has 0 bridgehead atoms. The van der Waals surface area contributed by atoms with E-state index in [1.807, 2.05) is 10.6 Å². The summed E-state index contributed by atoms with van der Waals surface area (Å²) in [5.74, 6) is 0.319. The van der Waals surface area contributed by atoms with Crippen molar-refractivity contribution in [1.29, 1.82) is 0 Å². The van der Waals surface area contributed by atoms with Crippen molar-refractivity contribution in [3.63, 3.8) is 0 Å². The molecule has 2 atom stereocenters. The summed E-state index contributed by atoms with van der Waals surface area (Å²) >= 11 is 0. The van der Waals surface area contributed by atoms with E-state index in [2.05, 4.69) is 15.0 Å². The molecule has 3 rings (SSSR count). The molecule has 2 aromatic heterocycles. The Kier molecular flexibility index (Phi) is 2.94. The lowest BCUT2D eigenvalue weighted by Gasteiger charge is -2.13. The SMILES string of the molecule is CS(=O)(=O)O[C@@H]1C=CC(n2cnc3c(N)ncnc32)C1. The van der Waals surface area contributed by atoms with Crippen molar-refractivity contribution in [1.82, 2.24) is 19.5 Å². The summed E-state index contributed by atoms with van der Waals surface area (Å²) < 4.78 is 29.0. The Hall–Kier alpha value is -2.00. The van der Waals surface area contributed by atoms with Gasteiger partial charge in [-0.15, -0.1) is 0 Å². The molecule has 0 saturated carbocycles. The molecule has 2 N–H and O–H groups in total. The summed E-state index contributed by atoms with van der Waals surface area (Å²) in [6.07, 6.45) is 7.66. The quantitative estimate of drug-likeness (QED) is 0.638. The van der Waals surface area contributed by atoms with Gasteiger partial charge in [0.15, 0.2) is 11.5 Å².